The van der Waals surface area contributed by atoms with Crippen molar-refractivity contribution < 1.29 is 14.3 Å². The van der Waals surface area contributed by atoms with E-state index in [0.29, 0.717) is 27.3 Å². The molecule has 1 saturated heterocycles. The van der Waals surface area contributed by atoms with Gasteiger partial charge in [0, 0.05) is 0 Å². The smallest absolute Gasteiger partial charge is 0.266 e. The van der Waals surface area contributed by atoms with Gasteiger partial charge in [0.25, 0.3) is 5.91 Å². The van der Waals surface area contributed by atoms with Crippen molar-refractivity contribution in [3.8, 4) is 11.5 Å². The van der Waals surface area contributed by atoms with Gasteiger partial charge in [0.15, 0.2) is 11.5 Å². The molecule has 0 unspecified atom stereocenters. The number of benzene rings is 2. The highest BCUT2D eigenvalue weighted by molar-refractivity contribution is 8.26. The molecule has 1 aliphatic heterocycles. The van der Waals surface area contributed by atoms with Gasteiger partial charge in [-0.15, -0.1) is 0 Å². The van der Waals surface area contributed by atoms with Crippen molar-refractivity contribution in [3.05, 3.63) is 64.6 Å². The van der Waals surface area contributed by atoms with Gasteiger partial charge in [-0.25, -0.2) is 0 Å². The monoisotopic (exact) mass is 399 g/mol. The highest BCUT2D eigenvalue weighted by Gasteiger charge is 2.32. The van der Waals surface area contributed by atoms with Crippen LogP contribution in [0.15, 0.2) is 53.4 Å². The summed E-state index contributed by atoms with van der Waals surface area (Å²) in [6, 6.07) is 15.5. The minimum absolute atomic E-state index is 0.0546. The molecule has 140 valence electrons. The van der Waals surface area contributed by atoms with Crippen LogP contribution in [0.2, 0.25) is 0 Å². The minimum Gasteiger partial charge on any atom is -0.493 e. The predicted octanol–water partition coefficient (Wildman–Crippen LogP) is 4.88. The molecule has 0 aromatic heterocycles. The van der Waals surface area contributed by atoms with Crippen LogP contribution in [0.1, 0.15) is 25.0 Å². The fourth-order valence-electron chi connectivity index (χ4n) is 2.68. The molecule has 0 aliphatic carbocycles. The second-order valence-electron chi connectivity index (χ2n) is 6.33. The second-order valence-corrected chi connectivity index (χ2v) is 8.01. The SMILES string of the molecule is COc1cc(/C=C2/SC(=S)N(Cc3ccccc3)C2=O)ccc1OC(C)C. The van der Waals surface area contributed by atoms with Gasteiger partial charge in [-0.2, -0.15) is 0 Å². The van der Waals surface area contributed by atoms with E-state index in [1.54, 1.807) is 12.0 Å². The molecule has 6 heteroatoms. The van der Waals surface area contributed by atoms with Gasteiger partial charge in [-0.05, 0) is 43.2 Å². The molecule has 0 spiro atoms. The largest absolute Gasteiger partial charge is 0.493 e. The normalized spacial score (nSPS) is 15.7. The highest BCUT2D eigenvalue weighted by atomic mass is 32.2. The summed E-state index contributed by atoms with van der Waals surface area (Å²) in [6.07, 6.45) is 1.89. The van der Waals surface area contributed by atoms with Crippen LogP contribution in [0.4, 0.5) is 0 Å². The molecule has 4 nitrogen and oxygen atoms in total. The third-order valence-electron chi connectivity index (χ3n) is 3.91. The zero-order valence-electron chi connectivity index (χ0n) is 15.5. The number of carbonyl (C=O) groups is 1. The van der Waals surface area contributed by atoms with Gasteiger partial charge >= 0.3 is 0 Å². The first-order chi connectivity index (χ1) is 13.0. The van der Waals surface area contributed by atoms with E-state index < -0.39 is 0 Å². The maximum absolute atomic E-state index is 12.8. The first-order valence-corrected chi connectivity index (χ1v) is 9.84. The molecular formula is C21H21NO3S2. The molecular weight excluding hydrogens is 378 g/mol. The maximum atomic E-state index is 12.8. The Labute approximate surface area is 169 Å². The van der Waals surface area contributed by atoms with Crippen molar-refractivity contribution in [2.45, 2.75) is 26.5 Å². The Morgan fingerprint density at radius 1 is 1.15 bits per heavy atom. The van der Waals surface area contributed by atoms with E-state index in [0.717, 1.165) is 11.1 Å². The molecule has 1 fully saturated rings. The number of hydrogen-bond acceptors (Lipinski definition) is 5. The molecule has 27 heavy (non-hydrogen) atoms. The molecule has 1 amide bonds. The van der Waals surface area contributed by atoms with Gasteiger partial charge in [0.1, 0.15) is 4.32 Å². The average Bonchev–Trinajstić information content (AvgIpc) is 2.91. The Morgan fingerprint density at radius 2 is 1.89 bits per heavy atom. The molecule has 0 bridgehead atoms. The van der Waals surface area contributed by atoms with E-state index in [9.17, 15) is 4.79 Å². The van der Waals surface area contributed by atoms with Crippen LogP contribution in [0, 0.1) is 0 Å². The molecule has 2 aromatic rings. The van der Waals surface area contributed by atoms with E-state index in [2.05, 4.69) is 0 Å². The number of thiocarbonyl (C=S) groups is 1. The summed E-state index contributed by atoms with van der Waals surface area (Å²) >= 11 is 6.73. The zero-order valence-corrected chi connectivity index (χ0v) is 17.1. The number of amides is 1. The number of rotatable bonds is 6. The van der Waals surface area contributed by atoms with E-state index >= 15 is 0 Å². The zero-order chi connectivity index (χ0) is 19.4. The third kappa shape index (κ3) is 4.70. The Kier molecular flexibility index (Phi) is 6.19. The van der Waals surface area contributed by atoms with Gasteiger partial charge in [0.05, 0.1) is 24.7 Å². The summed E-state index contributed by atoms with van der Waals surface area (Å²) in [7, 11) is 1.60. The van der Waals surface area contributed by atoms with Crippen molar-refractivity contribution in [2.75, 3.05) is 7.11 Å². The number of thioether (sulfide) groups is 1. The van der Waals surface area contributed by atoms with E-state index in [-0.39, 0.29) is 12.0 Å². The Bertz CT molecular complexity index is 878. The second kappa shape index (κ2) is 8.59. The average molecular weight is 400 g/mol. The maximum Gasteiger partial charge on any atom is 0.266 e. The lowest BCUT2D eigenvalue weighted by Gasteiger charge is -2.14. The molecule has 0 saturated carbocycles. The fourth-order valence-corrected chi connectivity index (χ4v) is 3.93. The molecule has 3 rings (SSSR count). The van der Waals surface area contributed by atoms with E-state index in [1.807, 2.05) is 68.5 Å². The van der Waals surface area contributed by atoms with Gasteiger partial charge in [-0.3, -0.25) is 9.69 Å². The number of carbonyl (C=O) groups excluding carboxylic acids is 1. The number of nitrogens with zero attached hydrogens (tertiary/aromatic N) is 1. The lowest BCUT2D eigenvalue weighted by Crippen LogP contribution is -2.27. The summed E-state index contributed by atoms with van der Waals surface area (Å²) < 4.78 is 11.7. The Balaban J connectivity index is 1.81. The Morgan fingerprint density at radius 3 is 2.56 bits per heavy atom. The van der Waals surface area contributed by atoms with Gasteiger partial charge in [0.2, 0.25) is 0 Å². The summed E-state index contributed by atoms with van der Waals surface area (Å²) in [5, 5.41) is 0. The van der Waals surface area contributed by atoms with Crippen LogP contribution >= 0.6 is 24.0 Å². The fraction of sp³-hybridized carbons (Fsp3) is 0.238. The molecule has 2 aromatic carbocycles. The quantitative estimate of drug-likeness (QED) is 0.511. The van der Waals surface area contributed by atoms with E-state index in [1.165, 1.54) is 11.8 Å². The number of ether oxygens (including phenoxy) is 2. The standard InChI is InChI=1S/C21H21NO3S2/c1-14(2)25-17-10-9-16(11-18(17)24-3)12-19-20(23)22(21(26)27-19)13-15-7-5-4-6-8-15/h4-12,14H,13H2,1-3H3/b19-12+. The molecule has 1 aliphatic rings. The number of hydrogen-bond donors (Lipinski definition) is 0. The third-order valence-corrected chi connectivity index (χ3v) is 5.28. The van der Waals surface area contributed by atoms with Crippen LogP contribution in [-0.2, 0) is 11.3 Å². The molecule has 0 radical (unpaired) electrons. The van der Waals surface area contributed by atoms with Gasteiger partial charge < -0.3 is 9.47 Å². The lowest BCUT2D eigenvalue weighted by molar-refractivity contribution is -0.122. The predicted molar refractivity (Wildman–Crippen MR) is 114 cm³/mol. The lowest BCUT2D eigenvalue weighted by atomic mass is 10.1. The van der Waals surface area contributed by atoms with Crippen LogP contribution in [-0.4, -0.2) is 28.3 Å². The molecule has 1 heterocycles. The van der Waals surface area contributed by atoms with Gasteiger partial charge in [-0.1, -0.05) is 60.4 Å². The summed E-state index contributed by atoms with van der Waals surface area (Å²) in [5.74, 6) is 1.24. The van der Waals surface area contributed by atoms with Crippen molar-refractivity contribution in [1.29, 1.82) is 0 Å². The van der Waals surface area contributed by atoms with Crippen LogP contribution < -0.4 is 9.47 Å². The summed E-state index contributed by atoms with van der Waals surface area (Å²) in [6.45, 7) is 4.41. The van der Waals surface area contributed by atoms with Crippen molar-refractivity contribution >= 4 is 40.3 Å². The topological polar surface area (TPSA) is 38.8 Å². The minimum atomic E-state index is -0.0738. The highest BCUT2D eigenvalue weighted by Crippen LogP contribution is 2.35. The molecule has 0 N–H and O–H groups in total. The summed E-state index contributed by atoms with van der Waals surface area (Å²) in [4.78, 5) is 15.0. The summed E-state index contributed by atoms with van der Waals surface area (Å²) in [5.41, 5.74) is 1.91. The van der Waals surface area contributed by atoms with Crippen LogP contribution in [0.25, 0.3) is 6.08 Å². The van der Waals surface area contributed by atoms with Crippen molar-refractivity contribution in [3.63, 3.8) is 0 Å². The van der Waals surface area contributed by atoms with Crippen molar-refractivity contribution in [1.82, 2.24) is 4.90 Å². The number of methoxy groups -OCH3 is 1. The van der Waals surface area contributed by atoms with Crippen LogP contribution in [0.3, 0.4) is 0 Å². The first kappa shape index (κ1) is 19.5. The Hall–Kier alpha value is -2.31. The first-order valence-electron chi connectivity index (χ1n) is 8.62. The van der Waals surface area contributed by atoms with E-state index in [4.69, 9.17) is 21.7 Å². The molecule has 0 atom stereocenters. The van der Waals surface area contributed by atoms with Crippen molar-refractivity contribution in [2.24, 2.45) is 0 Å². The van der Waals surface area contributed by atoms with Crippen LogP contribution in [0.5, 0.6) is 11.5 Å².